The summed E-state index contributed by atoms with van der Waals surface area (Å²) in [7, 11) is -3.31. The van der Waals surface area contributed by atoms with Crippen LogP contribution in [0, 0.1) is 0 Å². The number of fused-ring (bicyclic) bond motifs is 1. The number of rotatable bonds is 4. The van der Waals surface area contributed by atoms with Crippen LogP contribution in [0.5, 0.6) is 5.75 Å². The second kappa shape index (κ2) is 7.72. The first-order valence-electron chi connectivity index (χ1n) is 9.17. The minimum atomic E-state index is -3.31. The average molecular weight is 461 g/mol. The lowest BCUT2D eigenvalue weighted by Gasteiger charge is -2.34. The maximum Gasteiger partial charge on any atom is 0.179 e. The van der Waals surface area contributed by atoms with Crippen molar-refractivity contribution >= 4 is 42.4 Å². The van der Waals surface area contributed by atoms with Crippen LogP contribution in [0.1, 0.15) is 12.8 Å². The van der Waals surface area contributed by atoms with Crippen molar-refractivity contribution in [2.75, 3.05) is 24.2 Å². The number of hydrogen-bond acceptors (Lipinski definition) is 5. The zero-order valence-corrected chi connectivity index (χ0v) is 17.9. The van der Waals surface area contributed by atoms with Gasteiger partial charge in [-0.15, -0.1) is 0 Å². The van der Waals surface area contributed by atoms with Gasteiger partial charge in [-0.25, -0.2) is 8.42 Å². The van der Waals surface area contributed by atoms with Crippen molar-refractivity contribution in [1.29, 1.82) is 0 Å². The summed E-state index contributed by atoms with van der Waals surface area (Å²) in [5.74, 6) is 0.446. The normalized spacial score (nSPS) is 15.7. The number of ether oxygens (including phenoxy) is 1. The molecular weight excluding hydrogens is 440 g/mol. The zero-order valence-electron chi connectivity index (χ0n) is 15.5. The molecule has 0 bridgehead atoms. The molecule has 7 heteroatoms. The van der Waals surface area contributed by atoms with Crippen LogP contribution in [0.25, 0.3) is 10.9 Å². The van der Waals surface area contributed by atoms with Crippen LogP contribution in [0.4, 0.5) is 5.69 Å². The van der Waals surface area contributed by atoms with Gasteiger partial charge in [-0.2, -0.15) is 0 Å². The van der Waals surface area contributed by atoms with E-state index < -0.39 is 9.84 Å². The highest BCUT2D eigenvalue weighted by Crippen LogP contribution is 2.31. The summed E-state index contributed by atoms with van der Waals surface area (Å²) in [6.45, 7) is 1.69. The first kappa shape index (κ1) is 19.2. The van der Waals surface area contributed by atoms with Gasteiger partial charge in [0.05, 0.1) is 5.52 Å². The van der Waals surface area contributed by atoms with E-state index in [9.17, 15) is 8.42 Å². The fourth-order valence-electron chi connectivity index (χ4n) is 3.63. The quantitative estimate of drug-likeness (QED) is 0.575. The summed E-state index contributed by atoms with van der Waals surface area (Å²) in [5, 5.41) is 1.12. The van der Waals surface area contributed by atoms with Gasteiger partial charge in [-0.1, -0.05) is 28.1 Å². The van der Waals surface area contributed by atoms with Gasteiger partial charge in [-0.05, 0) is 36.4 Å². The highest BCUT2D eigenvalue weighted by atomic mass is 79.9. The molecule has 28 heavy (non-hydrogen) atoms. The van der Waals surface area contributed by atoms with Gasteiger partial charge in [0.15, 0.2) is 9.84 Å². The van der Waals surface area contributed by atoms with E-state index in [2.05, 4.69) is 37.9 Å². The Morgan fingerprint density at radius 1 is 1.11 bits per heavy atom. The average Bonchev–Trinajstić information content (AvgIpc) is 2.68. The Morgan fingerprint density at radius 2 is 1.86 bits per heavy atom. The molecule has 0 saturated carbocycles. The molecule has 1 aromatic heterocycles. The van der Waals surface area contributed by atoms with Crippen molar-refractivity contribution in [2.45, 2.75) is 23.8 Å². The SMILES string of the molecule is CS(=O)(=O)c1ccccc1OC1CCN(c2ccnc3ccc(Br)cc23)CC1. The number of halogens is 1. The molecule has 0 radical (unpaired) electrons. The van der Waals surface area contributed by atoms with E-state index in [1.165, 1.54) is 11.9 Å². The summed E-state index contributed by atoms with van der Waals surface area (Å²) in [6.07, 6.45) is 4.71. The van der Waals surface area contributed by atoms with Crippen molar-refractivity contribution in [3.05, 3.63) is 59.2 Å². The van der Waals surface area contributed by atoms with Crippen molar-refractivity contribution in [2.24, 2.45) is 0 Å². The lowest BCUT2D eigenvalue weighted by atomic mass is 10.1. The number of benzene rings is 2. The number of anilines is 1. The van der Waals surface area contributed by atoms with Crippen molar-refractivity contribution in [3.8, 4) is 5.75 Å². The van der Waals surface area contributed by atoms with Gasteiger partial charge in [-0.3, -0.25) is 4.98 Å². The number of aromatic nitrogens is 1. The zero-order chi connectivity index (χ0) is 19.7. The van der Waals surface area contributed by atoms with Gasteiger partial charge >= 0.3 is 0 Å². The molecule has 1 aliphatic heterocycles. The summed E-state index contributed by atoms with van der Waals surface area (Å²) in [5.41, 5.74) is 2.14. The third-order valence-corrected chi connectivity index (χ3v) is 6.63. The summed E-state index contributed by atoms with van der Waals surface area (Å²) in [4.78, 5) is 7.05. The van der Waals surface area contributed by atoms with Crippen molar-refractivity contribution < 1.29 is 13.2 Å². The van der Waals surface area contributed by atoms with E-state index in [0.29, 0.717) is 5.75 Å². The minimum absolute atomic E-state index is 0.000937. The van der Waals surface area contributed by atoms with E-state index in [1.807, 2.05) is 18.3 Å². The molecule has 0 unspecified atom stereocenters. The van der Waals surface area contributed by atoms with Crippen LogP contribution in [0.3, 0.4) is 0 Å². The molecule has 0 N–H and O–H groups in total. The lowest BCUT2D eigenvalue weighted by Crippen LogP contribution is -2.38. The summed E-state index contributed by atoms with van der Waals surface area (Å²) < 4.78 is 31.1. The van der Waals surface area contributed by atoms with E-state index in [-0.39, 0.29) is 11.0 Å². The third-order valence-electron chi connectivity index (χ3n) is 5.01. The Labute approximate surface area is 173 Å². The Morgan fingerprint density at radius 3 is 2.61 bits per heavy atom. The van der Waals surface area contributed by atoms with Gasteiger partial charge in [0, 0.05) is 53.9 Å². The molecule has 1 fully saturated rings. The van der Waals surface area contributed by atoms with E-state index in [0.717, 1.165) is 41.3 Å². The molecule has 1 aliphatic rings. The van der Waals surface area contributed by atoms with Gasteiger partial charge < -0.3 is 9.64 Å². The van der Waals surface area contributed by atoms with E-state index in [4.69, 9.17) is 4.74 Å². The fraction of sp³-hybridized carbons (Fsp3) is 0.286. The van der Waals surface area contributed by atoms with Gasteiger partial charge in [0.2, 0.25) is 0 Å². The second-order valence-corrected chi connectivity index (χ2v) is 9.91. The molecule has 0 spiro atoms. The first-order valence-corrected chi connectivity index (χ1v) is 11.9. The molecule has 3 aromatic rings. The maximum absolute atomic E-state index is 12.0. The highest BCUT2D eigenvalue weighted by molar-refractivity contribution is 9.10. The van der Waals surface area contributed by atoms with Gasteiger partial charge in [0.1, 0.15) is 16.7 Å². The fourth-order valence-corrected chi connectivity index (χ4v) is 4.80. The number of para-hydroxylation sites is 1. The summed E-state index contributed by atoms with van der Waals surface area (Å²) >= 11 is 3.54. The standard InChI is InChI=1S/C21H21BrN2O3S/c1-28(25,26)21-5-3-2-4-20(21)27-16-9-12-24(13-10-16)19-8-11-23-18-7-6-15(22)14-17(18)19/h2-8,11,14,16H,9-10,12-13H2,1H3. The molecule has 0 aliphatic carbocycles. The molecule has 5 nitrogen and oxygen atoms in total. The monoisotopic (exact) mass is 460 g/mol. The van der Waals surface area contributed by atoms with E-state index >= 15 is 0 Å². The Balaban J connectivity index is 1.50. The lowest BCUT2D eigenvalue weighted by molar-refractivity contribution is 0.166. The van der Waals surface area contributed by atoms with Crippen molar-refractivity contribution in [1.82, 2.24) is 4.98 Å². The third kappa shape index (κ3) is 4.00. The molecule has 0 atom stereocenters. The molecule has 4 rings (SSSR count). The number of nitrogens with zero attached hydrogens (tertiary/aromatic N) is 2. The predicted octanol–water partition coefficient (Wildman–Crippen LogP) is 4.45. The van der Waals surface area contributed by atoms with E-state index in [1.54, 1.807) is 24.3 Å². The van der Waals surface area contributed by atoms with Crippen LogP contribution in [-0.2, 0) is 9.84 Å². The Bertz CT molecular complexity index is 1110. The number of piperidine rings is 1. The topological polar surface area (TPSA) is 59.5 Å². The van der Waals surface area contributed by atoms with Crippen LogP contribution in [0.2, 0.25) is 0 Å². The molecule has 1 saturated heterocycles. The smallest absolute Gasteiger partial charge is 0.179 e. The van der Waals surface area contributed by atoms with Crippen LogP contribution in [0.15, 0.2) is 64.1 Å². The summed E-state index contributed by atoms with van der Waals surface area (Å²) in [6, 6.07) is 15.0. The van der Waals surface area contributed by atoms with Gasteiger partial charge in [0.25, 0.3) is 0 Å². The highest BCUT2D eigenvalue weighted by Gasteiger charge is 2.24. The molecule has 146 valence electrons. The molecular formula is C21H21BrN2O3S. The maximum atomic E-state index is 12.0. The largest absolute Gasteiger partial charge is 0.489 e. The molecule has 2 aromatic carbocycles. The van der Waals surface area contributed by atoms with Crippen molar-refractivity contribution in [3.63, 3.8) is 0 Å². The minimum Gasteiger partial charge on any atom is -0.489 e. The van der Waals surface area contributed by atoms with Crippen LogP contribution in [-0.4, -0.2) is 38.9 Å². The number of hydrogen-bond donors (Lipinski definition) is 0. The van der Waals surface area contributed by atoms with Crippen LogP contribution < -0.4 is 9.64 Å². The number of sulfone groups is 1. The first-order chi connectivity index (χ1) is 13.4. The Kier molecular flexibility index (Phi) is 5.29. The molecule has 0 amide bonds. The second-order valence-electron chi connectivity index (χ2n) is 7.01. The Hall–Kier alpha value is -2.12. The molecule has 2 heterocycles. The van der Waals surface area contributed by atoms with Crippen LogP contribution >= 0.6 is 15.9 Å². The predicted molar refractivity (Wildman–Crippen MR) is 115 cm³/mol. The number of pyridine rings is 1.